The molecule has 1 N–H and O–H groups in total. The first-order chi connectivity index (χ1) is 14.1. The standard InChI is InChI=1S/C7H5ClO2.3C5H8O2.2Zn/c8-6-3-1-5(2-4-6)7(9)10;3*1-4(6)3-5(2)7;;/h1-4H,(H,9,10);3*3,6H,1-2H3;;/q;;;;;+2/p-3/b;3*4-3-;;. The number of carboxylic acid groups (broad SMARTS) is 1. The number of hydrogen-bond acceptors (Lipinski definition) is 7. The summed E-state index contributed by atoms with van der Waals surface area (Å²) in [7, 11) is 0. The number of allylic oxidation sites excluding steroid dienone is 6. The van der Waals surface area contributed by atoms with Gasteiger partial charge >= 0.3 is 25.4 Å². The zero-order valence-electron chi connectivity index (χ0n) is 19.6. The van der Waals surface area contributed by atoms with Crippen molar-refractivity contribution in [3.05, 3.63) is 70.4 Å². The van der Waals surface area contributed by atoms with Crippen LogP contribution in [0.15, 0.2) is 59.8 Å². The predicted molar refractivity (Wildman–Crippen MR) is 112 cm³/mol. The van der Waals surface area contributed by atoms with Crippen molar-refractivity contribution in [1.82, 2.24) is 0 Å². The SMILES string of the molecule is CC(=O)/C=C(/C)[O-].CC(=O)/C=C(/C)[O-].CC(=O)/C=C(/C)[O-].O=C(O)c1ccc(Cl)cc1.[Zn+2].[Zn]. The van der Waals surface area contributed by atoms with Crippen molar-refractivity contribution in [3.8, 4) is 0 Å². The minimum Gasteiger partial charge on any atom is -0.876 e. The molecule has 11 heteroatoms. The number of carbonyl (C=O) groups is 4. The monoisotopic (exact) mass is 581 g/mol. The number of hydrogen-bond donors (Lipinski definition) is 1. The first-order valence-corrected chi connectivity index (χ1v) is 9.02. The van der Waals surface area contributed by atoms with Gasteiger partial charge < -0.3 is 20.4 Å². The third kappa shape index (κ3) is 40.7. The largest absolute Gasteiger partial charge is 2.00 e. The van der Waals surface area contributed by atoms with Crippen molar-refractivity contribution in [3.63, 3.8) is 0 Å². The van der Waals surface area contributed by atoms with Gasteiger partial charge in [0.1, 0.15) is 0 Å². The summed E-state index contributed by atoms with van der Waals surface area (Å²) in [6.45, 7) is 8.09. The van der Waals surface area contributed by atoms with Crippen LogP contribution in [0.2, 0.25) is 5.02 Å². The van der Waals surface area contributed by atoms with Crippen molar-refractivity contribution in [2.45, 2.75) is 41.5 Å². The van der Waals surface area contributed by atoms with E-state index < -0.39 is 5.97 Å². The van der Waals surface area contributed by atoms with Crippen LogP contribution in [0.4, 0.5) is 0 Å². The Kier molecular flexibility index (Phi) is 30.5. The van der Waals surface area contributed by atoms with Gasteiger partial charge in [0.05, 0.1) is 5.56 Å². The third-order valence-corrected chi connectivity index (χ3v) is 2.56. The summed E-state index contributed by atoms with van der Waals surface area (Å²) >= 11 is 5.52. The Bertz CT molecular complexity index is 751. The molecule has 0 atom stereocenters. The number of rotatable bonds is 4. The Morgan fingerprint density at radius 3 is 1.06 bits per heavy atom. The van der Waals surface area contributed by atoms with Gasteiger partial charge in [0.2, 0.25) is 0 Å². The average molecular weight is 585 g/mol. The molecule has 33 heavy (non-hydrogen) atoms. The van der Waals surface area contributed by atoms with Crippen molar-refractivity contribution < 1.29 is 78.6 Å². The molecule has 0 heterocycles. The summed E-state index contributed by atoms with van der Waals surface area (Å²) in [5, 5.41) is 38.9. The van der Waals surface area contributed by atoms with E-state index in [2.05, 4.69) is 0 Å². The predicted octanol–water partition coefficient (Wildman–Crippen LogP) is 1.55. The number of ketones is 3. The first kappa shape index (κ1) is 41.1. The molecule has 1 rings (SSSR count). The van der Waals surface area contributed by atoms with E-state index in [0.717, 1.165) is 18.2 Å². The zero-order valence-corrected chi connectivity index (χ0v) is 26.3. The molecule has 1 aromatic rings. The van der Waals surface area contributed by atoms with Gasteiger partial charge in [0.25, 0.3) is 0 Å². The number of carbonyl (C=O) groups excluding carboxylic acids is 3. The molecular formula is C22H26ClO8Zn2-. The molecule has 0 unspecified atom stereocenters. The Hall–Kier alpha value is -2.14. The smallest absolute Gasteiger partial charge is 0.876 e. The molecule has 0 aliphatic rings. The molecule has 0 aliphatic carbocycles. The normalized spacial score (nSPS) is 10.1. The van der Waals surface area contributed by atoms with Crippen LogP contribution in [0.5, 0.6) is 0 Å². The molecule has 0 radical (unpaired) electrons. The van der Waals surface area contributed by atoms with E-state index in [1.807, 2.05) is 0 Å². The van der Waals surface area contributed by atoms with Gasteiger partial charge in [-0.05, 0) is 63.3 Å². The summed E-state index contributed by atoms with van der Waals surface area (Å²) in [6, 6.07) is 6.02. The van der Waals surface area contributed by atoms with Crippen LogP contribution in [-0.2, 0) is 53.3 Å². The summed E-state index contributed by atoms with van der Waals surface area (Å²) in [4.78, 5) is 40.2. The van der Waals surface area contributed by atoms with Crippen molar-refractivity contribution in [2.24, 2.45) is 0 Å². The van der Waals surface area contributed by atoms with E-state index in [1.54, 1.807) is 12.1 Å². The van der Waals surface area contributed by atoms with Gasteiger partial charge in [-0.2, -0.15) is 0 Å². The summed E-state index contributed by atoms with van der Waals surface area (Å²) in [5.41, 5.74) is 0.254. The van der Waals surface area contributed by atoms with Gasteiger partial charge in [-0.3, -0.25) is 14.4 Å². The van der Waals surface area contributed by atoms with E-state index in [9.17, 15) is 34.5 Å². The summed E-state index contributed by atoms with van der Waals surface area (Å²) in [6.07, 6.45) is 3.17. The number of halogens is 1. The van der Waals surface area contributed by atoms with E-state index in [4.69, 9.17) is 16.7 Å². The number of carboxylic acids is 1. The molecule has 0 bridgehead atoms. The maximum absolute atomic E-state index is 10.3. The van der Waals surface area contributed by atoms with Crippen molar-refractivity contribution in [1.29, 1.82) is 0 Å². The van der Waals surface area contributed by atoms with E-state index in [1.165, 1.54) is 53.7 Å². The first-order valence-electron chi connectivity index (χ1n) is 8.64. The second-order valence-corrected chi connectivity index (χ2v) is 6.35. The van der Waals surface area contributed by atoms with E-state index in [0.29, 0.717) is 5.02 Å². The molecule has 0 aliphatic heterocycles. The second-order valence-electron chi connectivity index (χ2n) is 5.91. The molecule has 1 aromatic carbocycles. The quantitative estimate of drug-likeness (QED) is 0.317. The molecule has 0 amide bonds. The fourth-order valence-corrected chi connectivity index (χ4v) is 1.58. The van der Waals surface area contributed by atoms with Crippen molar-refractivity contribution in [2.75, 3.05) is 0 Å². The molecule has 174 valence electrons. The number of benzene rings is 1. The van der Waals surface area contributed by atoms with Crippen LogP contribution >= 0.6 is 11.6 Å². The molecule has 8 nitrogen and oxygen atoms in total. The maximum Gasteiger partial charge on any atom is 2.00 e. The Labute approximate surface area is 224 Å². The molecule has 0 saturated heterocycles. The van der Waals surface area contributed by atoms with Gasteiger partial charge in [-0.1, -0.05) is 32.4 Å². The van der Waals surface area contributed by atoms with Crippen LogP contribution in [0.25, 0.3) is 0 Å². The third-order valence-electron chi connectivity index (χ3n) is 2.31. The van der Waals surface area contributed by atoms with E-state index >= 15 is 0 Å². The van der Waals surface area contributed by atoms with Crippen LogP contribution in [-0.4, -0.2) is 28.4 Å². The van der Waals surface area contributed by atoms with Gasteiger partial charge in [-0.15, -0.1) is 17.3 Å². The zero-order chi connectivity index (χ0) is 25.1. The summed E-state index contributed by atoms with van der Waals surface area (Å²) in [5.74, 6) is -2.06. The Balaban J connectivity index is -0.000000105. The summed E-state index contributed by atoms with van der Waals surface area (Å²) < 4.78 is 0. The minimum atomic E-state index is -0.934. The number of aromatic carboxylic acids is 1. The molecule has 0 saturated carbocycles. The molecular weight excluding hydrogens is 558 g/mol. The van der Waals surface area contributed by atoms with Gasteiger partial charge in [0, 0.05) is 24.5 Å². The van der Waals surface area contributed by atoms with Gasteiger partial charge in [-0.25, -0.2) is 4.79 Å². The van der Waals surface area contributed by atoms with Crippen LogP contribution < -0.4 is 15.3 Å². The molecule has 0 fully saturated rings. The van der Waals surface area contributed by atoms with Crippen LogP contribution in [0, 0.1) is 0 Å². The fourth-order valence-electron chi connectivity index (χ4n) is 1.45. The fraction of sp³-hybridized carbons (Fsp3) is 0.273. The van der Waals surface area contributed by atoms with Crippen LogP contribution in [0.1, 0.15) is 51.9 Å². The minimum absolute atomic E-state index is 0. The Morgan fingerprint density at radius 2 is 0.939 bits per heavy atom. The topological polar surface area (TPSA) is 158 Å². The van der Waals surface area contributed by atoms with E-state index in [-0.39, 0.29) is 79.1 Å². The second kappa shape index (κ2) is 24.5. The van der Waals surface area contributed by atoms with Crippen LogP contribution in [0.3, 0.4) is 0 Å². The maximum atomic E-state index is 10.3. The average Bonchev–Trinajstić information content (AvgIpc) is 2.52. The van der Waals surface area contributed by atoms with Crippen molar-refractivity contribution >= 4 is 34.9 Å². The Morgan fingerprint density at radius 1 is 0.697 bits per heavy atom. The van der Waals surface area contributed by atoms with Gasteiger partial charge in [0.15, 0.2) is 17.3 Å². The molecule has 0 spiro atoms. The molecule has 0 aromatic heterocycles.